The number of hydrogen-bond acceptors (Lipinski definition) is 5. The summed E-state index contributed by atoms with van der Waals surface area (Å²) in [6, 6.07) is 15.3. The van der Waals surface area contributed by atoms with Gasteiger partial charge in [-0.3, -0.25) is 14.4 Å². The maximum Gasteiger partial charge on any atom is 0.295 e. The lowest BCUT2D eigenvalue weighted by Gasteiger charge is -2.35. The van der Waals surface area contributed by atoms with Crippen molar-refractivity contribution < 1.29 is 19.1 Å². The molecule has 8 heteroatoms. The number of ether oxygens (including phenoxy) is 1. The first-order chi connectivity index (χ1) is 17.5. The third-order valence-corrected chi connectivity index (χ3v) is 7.25. The Morgan fingerprint density at radius 2 is 1.50 bits per heavy atom. The van der Waals surface area contributed by atoms with Crippen molar-refractivity contribution in [2.45, 2.75) is 25.8 Å². The summed E-state index contributed by atoms with van der Waals surface area (Å²) in [5, 5.41) is 0.708. The van der Waals surface area contributed by atoms with E-state index in [9.17, 15) is 14.4 Å². The van der Waals surface area contributed by atoms with Crippen molar-refractivity contribution in [2.75, 3.05) is 51.3 Å². The number of amides is 2. The Morgan fingerprint density at radius 1 is 0.806 bits per heavy atom. The van der Waals surface area contributed by atoms with Crippen LogP contribution in [0.2, 0.25) is 0 Å². The number of anilines is 1. The second-order valence-corrected chi connectivity index (χ2v) is 9.44. The number of hydrogen-bond donors (Lipinski definition) is 0. The lowest BCUT2D eigenvalue weighted by molar-refractivity contribution is -0.132. The van der Waals surface area contributed by atoms with Crippen molar-refractivity contribution in [3.63, 3.8) is 0 Å². The molecule has 2 amide bonds. The highest BCUT2D eigenvalue weighted by Gasteiger charge is 2.29. The van der Waals surface area contributed by atoms with Crippen LogP contribution < -0.4 is 9.64 Å². The number of likely N-dealkylation sites (tertiary alicyclic amines) is 1. The topological polar surface area (TPSA) is 75.1 Å². The van der Waals surface area contributed by atoms with Gasteiger partial charge in [0.1, 0.15) is 12.3 Å². The number of methoxy groups -OCH3 is 1. The summed E-state index contributed by atoms with van der Waals surface area (Å²) < 4.78 is 7.04. The van der Waals surface area contributed by atoms with Crippen LogP contribution in [-0.2, 0) is 16.1 Å². The summed E-state index contributed by atoms with van der Waals surface area (Å²) in [6.45, 7) is 3.98. The zero-order valence-corrected chi connectivity index (χ0v) is 20.7. The Hall–Kier alpha value is -3.81. The number of piperidine rings is 1. The molecule has 2 aliphatic rings. The normalized spacial score (nSPS) is 16.3. The first kappa shape index (κ1) is 23.9. The summed E-state index contributed by atoms with van der Waals surface area (Å²) in [4.78, 5) is 45.2. The number of para-hydroxylation sites is 1. The molecule has 0 bridgehead atoms. The van der Waals surface area contributed by atoms with E-state index in [1.54, 1.807) is 18.2 Å². The Morgan fingerprint density at radius 3 is 2.19 bits per heavy atom. The monoisotopic (exact) mass is 488 g/mol. The Bertz CT molecular complexity index is 1250. The number of fused-ring (bicyclic) bond motifs is 1. The van der Waals surface area contributed by atoms with E-state index < -0.39 is 11.7 Å². The maximum atomic E-state index is 13.4. The smallest absolute Gasteiger partial charge is 0.295 e. The van der Waals surface area contributed by atoms with Gasteiger partial charge in [-0.25, -0.2) is 0 Å². The van der Waals surface area contributed by atoms with Gasteiger partial charge < -0.3 is 24.0 Å². The minimum atomic E-state index is -0.520. The molecule has 0 atom stereocenters. The first-order valence-electron chi connectivity index (χ1n) is 12.6. The molecule has 2 saturated heterocycles. The van der Waals surface area contributed by atoms with Gasteiger partial charge >= 0.3 is 0 Å². The molecule has 188 valence electrons. The molecule has 3 aromatic rings. The number of rotatable bonds is 6. The molecular formula is C28H32N4O4. The minimum absolute atomic E-state index is 0.0513. The van der Waals surface area contributed by atoms with Gasteiger partial charge in [-0.05, 0) is 49.6 Å². The minimum Gasteiger partial charge on any atom is -0.497 e. The van der Waals surface area contributed by atoms with Crippen LogP contribution in [0.1, 0.15) is 29.6 Å². The average Bonchev–Trinajstić information content (AvgIpc) is 3.31. The largest absolute Gasteiger partial charge is 0.497 e. The number of Topliss-reactive ketones (excluding diaryl/α,β-unsaturated/α-hetero) is 1. The van der Waals surface area contributed by atoms with Crippen molar-refractivity contribution in [1.82, 2.24) is 14.4 Å². The molecule has 36 heavy (non-hydrogen) atoms. The standard InChI is InChI=1S/C28H32N4O4/c1-36-22-11-9-21(10-12-22)29-15-17-31(18-16-29)28(35)27(34)24-19-32(25-8-4-3-7-23(24)25)20-26(33)30-13-5-2-6-14-30/h3-4,7-12,19H,2,5-6,13-18,20H2,1H3. The molecule has 3 heterocycles. The molecule has 0 spiro atoms. The Labute approximate surface area is 211 Å². The predicted molar refractivity (Wildman–Crippen MR) is 138 cm³/mol. The molecule has 0 saturated carbocycles. The average molecular weight is 489 g/mol. The van der Waals surface area contributed by atoms with E-state index in [4.69, 9.17) is 4.74 Å². The Kier molecular flexibility index (Phi) is 6.93. The molecule has 1 aromatic heterocycles. The maximum absolute atomic E-state index is 13.4. The molecule has 2 fully saturated rings. The number of benzene rings is 2. The van der Waals surface area contributed by atoms with Gasteiger partial charge in [-0.1, -0.05) is 18.2 Å². The van der Waals surface area contributed by atoms with Crippen LogP contribution in [-0.4, -0.2) is 78.3 Å². The second kappa shape index (κ2) is 10.4. The van der Waals surface area contributed by atoms with Crippen molar-refractivity contribution in [2.24, 2.45) is 0 Å². The van der Waals surface area contributed by atoms with Gasteiger partial charge in [-0.15, -0.1) is 0 Å². The number of aromatic nitrogens is 1. The van der Waals surface area contributed by atoms with Crippen molar-refractivity contribution >= 4 is 34.2 Å². The molecule has 0 aliphatic carbocycles. The van der Waals surface area contributed by atoms with Crippen LogP contribution in [0.25, 0.3) is 10.9 Å². The summed E-state index contributed by atoms with van der Waals surface area (Å²) in [7, 11) is 1.64. The van der Waals surface area contributed by atoms with Gasteiger partial charge in [0, 0.05) is 62.1 Å². The molecule has 0 N–H and O–H groups in total. The number of nitrogens with zero attached hydrogens (tertiary/aromatic N) is 4. The summed E-state index contributed by atoms with van der Waals surface area (Å²) in [6.07, 6.45) is 4.90. The van der Waals surface area contributed by atoms with E-state index in [0.717, 1.165) is 49.3 Å². The molecule has 5 rings (SSSR count). The fourth-order valence-electron chi connectivity index (χ4n) is 5.17. The molecule has 0 unspecified atom stereocenters. The van der Waals surface area contributed by atoms with Crippen LogP contribution in [0.4, 0.5) is 5.69 Å². The molecule has 8 nitrogen and oxygen atoms in total. The van der Waals surface area contributed by atoms with Crippen LogP contribution in [0.15, 0.2) is 54.7 Å². The number of piperazine rings is 1. The van der Waals surface area contributed by atoms with Crippen molar-refractivity contribution in [3.8, 4) is 5.75 Å². The quantitative estimate of drug-likeness (QED) is 0.394. The van der Waals surface area contributed by atoms with Gasteiger partial charge in [0.15, 0.2) is 0 Å². The Balaban J connectivity index is 1.28. The van der Waals surface area contributed by atoms with Gasteiger partial charge in [0.25, 0.3) is 11.7 Å². The summed E-state index contributed by atoms with van der Waals surface area (Å²) >= 11 is 0. The highest BCUT2D eigenvalue weighted by molar-refractivity contribution is 6.44. The van der Waals surface area contributed by atoms with Crippen LogP contribution in [0.3, 0.4) is 0 Å². The van der Waals surface area contributed by atoms with E-state index in [2.05, 4.69) is 4.90 Å². The number of ketones is 1. The molecule has 2 aliphatic heterocycles. The number of carbonyl (C=O) groups excluding carboxylic acids is 3. The highest BCUT2D eigenvalue weighted by Crippen LogP contribution is 2.24. The van der Waals surface area contributed by atoms with E-state index in [1.807, 2.05) is 58.0 Å². The van der Waals surface area contributed by atoms with Crippen molar-refractivity contribution in [3.05, 3.63) is 60.3 Å². The fourth-order valence-corrected chi connectivity index (χ4v) is 5.17. The van der Waals surface area contributed by atoms with Gasteiger partial charge in [0.2, 0.25) is 5.91 Å². The van der Waals surface area contributed by atoms with Gasteiger partial charge in [-0.2, -0.15) is 0 Å². The van der Waals surface area contributed by atoms with E-state index in [0.29, 0.717) is 37.1 Å². The van der Waals surface area contributed by atoms with Crippen LogP contribution >= 0.6 is 0 Å². The van der Waals surface area contributed by atoms with E-state index in [-0.39, 0.29) is 12.5 Å². The fraction of sp³-hybridized carbons (Fsp3) is 0.393. The molecule has 0 radical (unpaired) electrons. The third kappa shape index (κ3) is 4.80. The lowest BCUT2D eigenvalue weighted by atomic mass is 10.1. The SMILES string of the molecule is COc1ccc(N2CCN(C(=O)C(=O)c3cn(CC(=O)N4CCCCC4)c4ccccc34)CC2)cc1. The lowest BCUT2D eigenvalue weighted by Crippen LogP contribution is -2.50. The zero-order valence-electron chi connectivity index (χ0n) is 20.7. The predicted octanol–water partition coefficient (Wildman–Crippen LogP) is 3.19. The van der Waals surface area contributed by atoms with Crippen molar-refractivity contribution in [1.29, 1.82) is 0 Å². The first-order valence-corrected chi connectivity index (χ1v) is 12.6. The summed E-state index contributed by atoms with van der Waals surface area (Å²) in [5.41, 5.74) is 2.22. The second-order valence-electron chi connectivity index (χ2n) is 9.44. The van der Waals surface area contributed by atoms with Crippen LogP contribution in [0.5, 0.6) is 5.75 Å². The third-order valence-electron chi connectivity index (χ3n) is 7.25. The van der Waals surface area contributed by atoms with Gasteiger partial charge in [0.05, 0.1) is 12.7 Å². The molecule has 2 aromatic carbocycles. The molecular weight excluding hydrogens is 456 g/mol. The van der Waals surface area contributed by atoms with E-state index in [1.165, 1.54) is 0 Å². The number of carbonyl (C=O) groups is 3. The van der Waals surface area contributed by atoms with Crippen LogP contribution in [0, 0.1) is 0 Å². The zero-order chi connectivity index (χ0) is 25.1. The van der Waals surface area contributed by atoms with E-state index >= 15 is 0 Å². The summed E-state index contributed by atoms with van der Waals surface area (Å²) in [5.74, 6) is -0.159. The highest BCUT2D eigenvalue weighted by atomic mass is 16.5.